The van der Waals surface area contributed by atoms with Gasteiger partial charge in [-0.15, -0.1) is 0 Å². The highest BCUT2D eigenvalue weighted by atomic mass is 16.6. The molecule has 8 nitrogen and oxygen atoms in total. The second-order valence-electron chi connectivity index (χ2n) is 4.79. The number of nitrogens with zero attached hydrogens (tertiary/aromatic N) is 2. The van der Waals surface area contributed by atoms with E-state index in [0.29, 0.717) is 18.8 Å². The average molecular weight is 314 g/mol. The largest absolute Gasteiger partial charge is 0.496 e. The Kier molecular flexibility index (Phi) is 5.48. The normalized spacial score (nSPS) is 24.0. The van der Waals surface area contributed by atoms with Crippen LogP contribution in [0, 0.1) is 0 Å². The number of hydrogen-bond donors (Lipinski definition) is 0. The summed E-state index contributed by atoms with van der Waals surface area (Å²) < 4.78 is 21.2. The summed E-state index contributed by atoms with van der Waals surface area (Å²) in [7, 11) is 1.57. The van der Waals surface area contributed by atoms with E-state index in [1.165, 1.54) is 10.0 Å². The Labute approximate surface area is 129 Å². The third-order valence-electron chi connectivity index (χ3n) is 3.54. The van der Waals surface area contributed by atoms with E-state index in [9.17, 15) is 9.59 Å². The highest BCUT2D eigenvalue weighted by molar-refractivity contribution is 5.75. The molecule has 0 bridgehead atoms. The quantitative estimate of drug-likeness (QED) is 0.786. The first-order chi connectivity index (χ1) is 10.6. The van der Waals surface area contributed by atoms with E-state index in [4.69, 9.17) is 18.9 Å². The molecule has 2 aliphatic rings. The molecular weight excluding hydrogens is 292 g/mol. The Hall–Kier alpha value is -1.96. The fourth-order valence-corrected chi connectivity index (χ4v) is 2.60. The molecular formula is C14H22N2O6. The Bertz CT molecular complexity index is 453. The first kappa shape index (κ1) is 16.4. The van der Waals surface area contributed by atoms with E-state index < -0.39 is 18.2 Å². The lowest BCUT2D eigenvalue weighted by Crippen LogP contribution is -2.62. The van der Waals surface area contributed by atoms with Crippen molar-refractivity contribution in [2.45, 2.75) is 32.4 Å². The standard InChI is InChI=1S/C14H22N2O6/c1-4-20-13(17)15-8-6-11-12(10(19-3)7-9-22-11)16(15)14(18)21-5-2/h6,10,12H,4-5,7-9H2,1-3H3/t10-,12+/m1/s1. The van der Waals surface area contributed by atoms with Gasteiger partial charge in [0.15, 0.2) is 0 Å². The maximum absolute atomic E-state index is 12.3. The molecule has 0 spiro atoms. The molecule has 1 fully saturated rings. The van der Waals surface area contributed by atoms with Crippen LogP contribution in [0.5, 0.6) is 0 Å². The predicted octanol–water partition coefficient (Wildman–Crippen LogP) is 1.52. The Balaban J connectivity index is 2.33. The number of rotatable bonds is 3. The number of hydrazine groups is 1. The minimum absolute atomic E-state index is 0.180. The van der Waals surface area contributed by atoms with Crippen LogP contribution < -0.4 is 0 Å². The van der Waals surface area contributed by atoms with Gasteiger partial charge in [0.2, 0.25) is 0 Å². The van der Waals surface area contributed by atoms with Crippen LogP contribution in [0.1, 0.15) is 20.3 Å². The van der Waals surface area contributed by atoms with E-state index in [-0.39, 0.29) is 25.9 Å². The number of carbonyl (C=O) groups is 2. The maximum atomic E-state index is 12.3. The molecule has 2 heterocycles. The molecule has 124 valence electrons. The van der Waals surface area contributed by atoms with Crippen molar-refractivity contribution in [2.75, 3.05) is 33.5 Å². The van der Waals surface area contributed by atoms with Gasteiger partial charge < -0.3 is 18.9 Å². The summed E-state index contributed by atoms with van der Waals surface area (Å²) in [5.41, 5.74) is 0. The van der Waals surface area contributed by atoms with Crippen molar-refractivity contribution >= 4 is 12.2 Å². The molecule has 2 aliphatic heterocycles. The number of amides is 2. The second kappa shape index (κ2) is 7.35. The van der Waals surface area contributed by atoms with Crippen LogP contribution in [0.2, 0.25) is 0 Å². The van der Waals surface area contributed by atoms with Crippen molar-refractivity contribution < 1.29 is 28.5 Å². The van der Waals surface area contributed by atoms with Crippen molar-refractivity contribution in [1.82, 2.24) is 10.0 Å². The van der Waals surface area contributed by atoms with Gasteiger partial charge in [-0.2, -0.15) is 5.01 Å². The van der Waals surface area contributed by atoms with E-state index in [1.807, 2.05) is 0 Å². The van der Waals surface area contributed by atoms with Crippen molar-refractivity contribution in [1.29, 1.82) is 0 Å². The molecule has 0 radical (unpaired) electrons. The zero-order valence-corrected chi connectivity index (χ0v) is 13.1. The number of methoxy groups -OCH3 is 1. The molecule has 0 aliphatic carbocycles. The van der Waals surface area contributed by atoms with Crippen LogP contribution in [0.25, 0.3) is 0 Å². The molecule has 22 heavy (non-hydrogen) atoms. The van der Waals surface area contributed by atoms with Gasteiger partial charge in [-0.25, -0.2) is 14.6 Å². The lowest BCUT2D eigenvalue weighted by molar-refractivity contribution is -0.110. The smallest absolute Gasteiger partial charge is 0.429 e. The zero-order chi connectivity index (χ0) is 16.1. The second-order valence-corrected chi connectivity index (χ2v) is 4.79. The van der Waals surface area contributed by atoms with E-state index >= 15 is 0 Å². The highest BCUT2D eigenvalue weighted by Crippen LogP contribution is 2.30. The van der Waals surface area contributed by atoms with Crippen LogP contribution in [-0.4, -0.2) is 67.8 Å². The topological polar surface area (TPSA) is 77.5 Å². The molecule has 2 amide bonds. The lowest BCUT2D eigenvalue weighted by Gasteiger charge is -2.46. The number of fused-ring (bicyclic) bond motifs is 1. The van der Waals surface area contributed by atoms with Gasteiger partial charge in [-0.1, -0.05) is 0 Å². The molecule has 0 aromatic carbocycles. The van der Waals surface area contributed by atoms with E-state index in [0.717, 1.165) is 0 Å². The first-order valence-electron chi connectivity index (χ1n) is 7.39. The van der Waals surface area contributed by atoms with Crippen molar-refractivity contribution in [3.05, 3.63) is 11.8 Å². The molecule has 0 aromatic heterocycles. The zero-order valence-electron chi connectivity index (χ0n) is 13.1. The SMILES string of the molecule is CCOC(=O)N1CC=C2OCC[C@@H](OC)[C@@H]2N1C(=O)OCC. The summed E-state index contributed by atoms with van der Waals surface area (Å²) in [6.45, 7) is 4.53. The molecule has 1 saturated heterocycles. The summed E-state index contributed by atoms with van der Waals surface area (Å²) in [5, 5.41) is 2.46. The Morgan fingerprint density at radius 2 is 1.95 bits per heavy atom. The fourth-order valence-electron chi connectivity index (χ4n) is 2.60. The van der Waals surface area contributed by atoms with Crippen LogP contribution in [0.3, 0.4) is 0 Å². The fraction of sp³-hybridized carbons (Fsp3) is 0.714. The van der Waals surface area contributed by atoms with Gasteiger partial charge in [-0.3, -0.25) is 0 Å². The van der Waals surface area contributed by atoms with E-state index in [1.54, 1.807) is 27.0 Å². The van der Waals surface area contributed by atoms with Crippen LogP contribution in [-0.2, 0) is 18.9 Å². The third kappa shape index (κ3) is 3.11. The van der Waals surface area contributed by atoms with Crippen molar-refractivity contribution in [3.8, 4) is 0 Å². The minimum Gasteiger partial charge on any atom is -0.496 e. The molecule has 0 N–H and O–H groups in total. The molecule has 0 unspecified atom stereocenters. The average Bonchev–Trinajstić information content (AvgIpc) is 2.53. The Morgan fingerprint density at radius 3 is 2.59 bits per heavy atom. The predicted molar refractivity (Wildman–Crippen MR) is 75.8 cm³/mol. The number of carbonyl (C=O) groups excluding carboxylic acids is 2. The van der Waals surface area contributed by atoms with E-state index in [2.05, 4.69) is 0 Å². The van der Waals surface area contributed by atoms with Gasteiger partial charge in [0.25, 0.3) is 0 Å². The molecule has 2 atom stereocenters. The molecule has 2 rings (SSSR count). The highest BCUT2D eigenvalue weighted by Gasteiger charge is 2.46. The van der Waals surface area contributed by atoms with Gasteiger partial charge in [-0.05, 0) is 19.9 Å². The monoisotopic (exact) mass is 314 g/mol. The van der Waals surface area contributed by atoms with Crippen molar-refractivity contribution in [2.24, 2.45) is 0 Å². The molecule has 0 aromatic rings. The lowest BCUT2D eigenvalue weighted by atomic mass is 10.0. The van der Waals surface area contributed by atoms with Crippen LogP contribution in [0.15, 0.2) is 11.8 Å². The summed E-state index contributed by atoms with van der Waals surface area (Å²) >= 11 is 0. The summed E-state index contributed by atoms with van der Waals surface area (Å²) in [6.07, 6.45) is 0.875. The number of hydrogen-bond acceptors (Lipinski definition) is 6. The third-order valence-corrected chi connectivity index (χ3v) is 3.54. The van der Waals surface area contributed by atoms with Crippen LogP contribution in [0.4, 0.5) is 9.59 Å². The number of ether oxygens (including phenoxy) is 4. The Morgan fingerprint density at radius 1 is 1.27 bits per heavy atom. The van der Waals surface area contributed by atoms with Gasteiger partial charge in [0.1, 0.15) is 11.8 Å². The molecule has 8 heteroatoms. The van der Waals surface area contributed by atoms with Gasteiger partial charge in [0, 0.05) is 13.5 Å². The summed E-state index contributed by atoms with van der Waals surface area (Å²) in [4.78, 5) is 24.5. The summed E-state index contributed by atoms with van der Waals surface area (Å²) in [5.74, 6) is 0.617. The maximum Gasteiger partial charge on any atom is 0.429 e. The van der Waals surface area contributed by atoms with Crippen LogP contribution >= 0.6 is 0 Å². The van der Waals surface area contributed by atoms with Gasteiger partial charge >= 0.3 is 12.2 Å². The first-order valence-corrected chi connectivity index (χ1v) is 7.39. The van der Waals surface area contributed by atoms with Crippen molar-refractivity contribution in [3.63, 3.8) is 0 Å². The summed E-state index contributed by atoms with van der Waals surface area (Å²) in [6, 6.07) is -0.532. The molecule has 0 saturated carbocycles. The minimum atomic E-state index is -0.626. The van der Waals surface area contributed by atoms with Gasteiger partial charge in [0.05, 0.1) is 32.5 Å².